The molecule has 154 valence electrons. The number of likely N-dealkylation sites (tertiary alicyclic amines) is 1. The van der Waals surface area contributed by atoms with Crippen LogP contribution in [0.5, 0.6) is 0 Å². The van der Waals surface area contributed by atoms with Crippen LogP contribution in [0.25, 0.3) is 0 Å². The zero-order valence-electron chi connectivity index (χ0n) is 16.5. The number of aliphatic hydroxyl groups excluding tert-OH is 1. The molecule has 0 bridgehead atoms. The molecule has 3 rings (SSSR count). The quantitative estimate of drug-likeness (QED) is 0.568. The second-order valence-corrected chi connectivity index (χ2v) is 7.59. The predicted octanol–water partition coefficient (Wildman–Crippen LogP) is 2.71. The van der Waals surface area contributed by atoms with Gasteiger partial charge < -0.3 is 24.2 Å². The van der Waals surface area contributed by atoms with E-state index in [2.05, 4.69) is 0 Å². The Bertz CT molecular complexity index is 660. The van der Waals surface area contributed by atoms with Gasteiger partial charge in [0.25, 0.3) is 0 Å². The van der Waals surface area contributed by atoms with Crippen LogP contribution in [-0.4, -0.2) is 53.7 Å². The molecule has 1 aromatic carbocycles. The van der Waals surface area contributed by atoms with Crippen LogP contribution >= 0.6 is 0 Å². The van der Waals surface area contributed by atoms with E-state index in [1.807, 2.05) is 37.3 Å². The van der Waals surface area contributed by atoms with Gasteiger partial charge >= 0.3 is 6.16 Å². The van der Waals surface area contributed by atoms with Gasteiger partial charge in [-0.3, -0.25) is 4.79 Å². The molecule has 0 spiro atoms. The Labute approximate surface area is 165 Å². The number of amides is 1. The van der Waals surface area contributed by atoms with Gasteiger partial charge in [-0.05, 0) is 31.7 Å². The fraction of sp³-hybridized carbons (Fsp3) is 0.619. The van der Waals surface area contributed by atoms with Crippen LogP contribution < -0.4 is 0 Å². The number of carbonyl (C=O) groups excluding carboxylic acids is 2. The number of β-lactam (4-membered cyclic amide) rings is 1. The first-order chi connectivity index (χ1) is 13.5. The minimum absolute atomic E-state index is 0.0527. The van der Waals surface area contributed by atoms with Crippen molar-refractivity contribution in [2.45, 2.75) is 58.1 Å². The fourth-order valence-corrected chi connectivity index (χ4v) is 4.02. The zero-order valence-corrected chi connectivity index (χ0v) is 16.5. The maximum atomic E-state index is 12.8. The molecule has 0 saturated carbocycles. The highest BCUT2D eigenvalue weighted by molar-refractivity contribution is 5.87. The third kappa shape index (κ3) is 4.47. The Morgan fingerprint density at radius 1 is 1.29 bits per heavy atom. The largest absolute Gasteiger partial charge is 0.508 e. The van der Waals surface area contributed by atoms with Crippen LogP contribution in [0.2, 0.25) is 0 Å². The Morgan fingerprint density at radius 2 is 2.04 bits per heavy atom. The van der Waals surface area contributed by atoms with Gasteiger partial charge in [-0.15, -0.1) is 0 Å². The van der Waals surface area contributed by atoms with E-state index >= 15 is 0 Å². The minimum atomic E-state index is -0.799. The normalized spacial score (nSPS) is 26.9. The van der Waals surface area contributed by atoms with Crippen molar-refractivity contribution in [3.05, 3.63) is 35.9 Å². The van der Waals surface area contributed by atoms with E-state index in [1.165, 1.54) is 0 Å². The number of nitrogens with zero attached hydrogens (tertiary/aromatic N) is 1. The molecule has 28 heavy (non-hydrogen) atoms. The number of aliphatic hydroxyl groups is 1. The van der Waals surface area contributed by atoms with Crippen LogP contribution in [0.15, 0.2) is 30.3 Å². The highest BCUT2D eigenvalue weighted by Gasteiger charge is 2.56. The van der Waals surface area contributed by atoms with Crippen LogP contribution in [0, 0.1) is 11.8 Å². The molecule has 0 aromatic heterocycles. The molecule has 2 aliphatic rings. The summed E-state index contributed by atoms with van der Waals surface area (Å²) in [5.41, 5.74) is 0.860. The van der Waals surface area contributed by atoms with E-state index in [0.717, 1.165) is 24.8 Å². The van der Waals surface area contributed by atoms with Crippen molar-refractivity contribution in [2.75, 3.05) is 13.2 Å². The first kappa shape index (κ1) is 20.6. The van der Waals surface area contributed by atoms with Crippen LogP contribution in [0.4, 0.5) is 4.79 Å². The number of benzene rings is 1. The summed E-state index contributed by atoms with van der Waals surface area (Å²) < 4.78 is 16.3. The van der Waals surface area contributed by atoms with E-state index in [1.54, 1.807) is 11.8 Å². The van der Waals surface area contributed by atoms with Gasteiger partial charge in [-0.25, -0.2) is 4.79 Å². The molecule has 5 atom stereocenters. The zero-order chi connectivity index (χ0) is 20.1. The summed E-state index contributed by atoms with van der Waals surface area (Å²) in [5.74, 6) is -0.739. The monoisotopic (exact) mass is 391 g/mol. The Kier molecular flexibility index (Phi) is 6.91. The summed E-state index contributed by atoms with van der Waals surface area (Å²) in [6.45, 7) is 4.28. The lowest BCUT2D eigenvalue weighted by molar-refractivity contribution is -0.204. The van der Waals surface area contributed by atoms with Gasteiger partial charge in [-0.1, -0.05) is 37.3 Å². The first-order valence-electron chi connectivity index (χ1n) is 9.95. The summed E-state index contributed by atoms with van der Waals surface area (Å²) in [6.07, 6.45) is 1.10. The lowest BCUT2D eigenvalue weighted by atomic mass is 9.76. The SMILES string of the molecule is CC(CO)C1C(C(C)OC(=O)OCc2ccccc2)C(=O)N1C1CCCCO1. The van der Waals surface area contributed by atoms with Gasteiger partial charge in [0.1, 0.15) is 18.9 Å². The van der Waals surface area contributed by atoms with Gasteiger partial charge in [0, 0.05) is 19.1 Å². The molecule has 7 heteroatoms. The average molecular weight is 391 g/mol. The molecule has 0 aliphatic carbocycles. The van der Waals surface area contributed by atoms with Crippen molar-refractivity contribution in [1.29, 1.82) is 0 Å². The maximum Gasteiger partial charge on any atom is 0.508 e. The first-order valence-corrected chi connectivity index (χ1v) is 9.95. The molecular weight excluding hydrogens is 362 g/mol. The van der Waals surface area contributed by atoms with Crippen molar-refractivity contribution >= 4 is 12.1 Å². The van der Waals surface area contributed by atoms with E-state index in [-0.39, 0.29) is 37.3 Å². The average Bonchev–Trinajstić information content (AvgIpc) is 2.71. The number of ether oxygens (including phenoxy) is 3. The van der Waals surface area contributed by atoms with Crippen LogP contribution in [-0.2, 0) is 25.6 Å². The molecular formula is C21H29NO6. The minimum Gasteiger partial charge on any atom is -0.430 e. The van der Waals surface area contributed by atoms with E-state index < -0.39 is 18.2 Å². The molecule has 0 radical (unpaired) electrons. The van der Waals surface area contributed by atoms with E-state index in [0.29, 0.717) is 6.61 Å². The topological polar surface area (TPSA) is 85.3 Å². The molecule has 1 N–H and O–H groups in total. The second kappa shape index (κ2) is 9.39. The predicted molar refractivity (Wildman–Crippen MR) is 101 cm³/mol. The standard InChI is InChI=1S/C21H29NO6/c1-14(12-23)19-18(20(24)22(19)17-10-6-7-11-26-17)15(2)28-21(25)27-13-16-8-4-3-5-9-16/h3-5,8-9,14-15,17-19,23H,6-7,10-13H2,1-2H3. The lowest BCUT2D eigenvalue weighted by Crippen LogP contribution is -2.70. The van der Waals surface area contributed by atoms with Crippen molar-refractivity contribution < 1.29 is 28.9 Å². The van der Waals surface area contributed by atoms with Gasteiger partial charge in [0.2, 0.25) is 5.91 Å². The summed E-state index contributed by atoms with van der Waals surface area (Å²) >= 11 is 0. The van der Waals surface area contributed by atoms with Crippen molar-refractivity contribution in [1.82, 2.24) is 4.90 Å². The summed E-state index contributed by atoms with van der Waals surface area (Å²) in [7, 11) is 0. The van der Waals surface area contributed by atoms with Crippen LogP contribution in [0.1, 0.15) is 38.7 Å². The maximum absolute atomic E-state index is 12.8. The number of hydrogen-bond acceptors (Lipinski definition) is 6. The summed E-state index contributed by atoms with van der Waals surface area (Å²) in [4.78, 5) is 26.6. The molecule has 2 saturated heterocycles. The number of rotatable bonds is 7. The fourth-order valence-electron chi connectivity index (χ4n) is 4.02. The summed E-state index contributed by atoms with van der Waals surface area (Å²) in [5, 5.41) is 9.65. The van der Waals surface area contributed by atoms with E-state index in [4.69, 9.17) is 14.2 Å². The van der Waals surface area contributed by atoms with Crippen molar-refractivity contribution in [3.63, 3.8) is 0 Å². The molecule has 5 unspecified atom stereocenters. The molecule has 2 aliphatic heterocycles. The highest BCUT2D eigenvalue weighted by Crippen LogP contribution is 2.39. The van der Waals surface area contributed by atoms with Gasteiger partial charge in [0.05, 0.1) is 12.0 Å². The molecule has 1 aromatic rings. The Balaban J connectivity index is 1.58. The smallest absolute Gasteiger partial charge is 0.430 e. The van der Waals surface area contributed by atoms with Gasteiger partial charge in [0.15, 0.2) is 0 Å². The van der Waals surface area contributed by atoms with Crippen LogP contribution in [0.3, 0.4) is 0 Å². The number of hydrogen-bond donors (Lipinski definition) is 1. The lowest BCUT2D eigenvalue weighted by Gasteiger charge is -2.54. The molecule has 1 amide bonds. The Morgan fingerprint density at radius 3 is 2.68 bits per heavy atom. The van der Waals surface area contributed by atoms with E-state index in [9.17, 15) is 14.7 Å². The van der Waals surface area contributed by atoms with Crippen molar-refractivity contribution in [3.8, 4) is 0 Å². The molecule has 2 heterocycles. The van der Waals surface area contributed by atoms with Gasteiger partial charge in [-0.2, -0.15) is 0 Å². The third-order valence-corrected chi connectivity index (χ3v) is 5.55. The highest BCUT2D eigenvalue weighted by atomic mass is 16.7. The summed E-state index contributed by atoms with van der Waals surface area (Å²) in [6, 6.07) is 9.10. The number of carbonyl (C=O) groups is 2. The molecule has 7 nitrogen and oxygen atoms in total. The third-order valence-electron chi connectivity index (χ3n) is 5.55. The Hall–Kier alpha value is -2.12. The van der Waals surface area contributed by atoms with Crippen molar-refractivity contribution in [2.24, 2.45) is 11.8 Å². The second-order valence-electron chi connectivity index (χ2n) is 7.59. The molecule has 2 fully saturated rings.